The number of sulfonamides is 1. The maximum Gasteiger partial charge on any atom is 0.243 e. The number of carbonyl (C=O) groups excluding carboxylic acids is 1. The number of piperidine rings is 1. The van der Waals surface area contributed by atoms with Crippen molar-refractivity contribution < 1.29 is 13.2 Å². The summed E-state index contributed by atoms with van der Waals surface area (Å²) in [5, 5.41) is 0.490. The molecule has 0 radical (unpaired) electrons. The van der Waals surface area contributed by atoms with Gasteiger partial charge in [0.15, 0.2) is 0 Å². The van der Waals surface area contributed by atoms with Crippen LogP contribution in [0.1, 0.15) is 18.4 Å². The van der Waals surface area contributed by atoms with Gasteiger partial charge in [-0.2, -0.15) is 4.31 Å². The summed E-state index contributed by atoms with van der Waals surface area (Å²) >= 11 is 5.83. The van der Waals surface area contributed by atoms with Gasteiger partial charge in [-0.25, -0.2) is 8.42 Å². The first-order valence-corrected chi connectivity index (χ1v) is 11.3. The summed E-state index contributed by atoms with van der Waals surface area (Å²) in [6.07, 6.45) is 5.36. The number of hydrogen-bond donors (Lipinski definition) is 2. The number of amides is 1. The van der Waals surface area contributed by atoms with Gasteiger partial charge in [-0.15, -0.1) is 0 Å². The van der Waals surface area contributed by atoms with Gasteiger partial charge in [0.1, 0.15) is 0 Å². The van der Waals surface area contributed by atoms with Crippen LogP contribution >= 0.6 is 11.6 Å². The summed E-state index contributed by atoms with van der Waals surface area (Å²) in [7, 11) is -3.56. The molecule has 0 spiro atoms. The Kier molecular flexibility index (Phi) is 7.30. The van der Waals surface area contributed by atoms with Gasteiger partial charge in [0, 0.05) is 30.2 Å². The molecular weight excluding hydrogens is 410 g/mol. The second-order valence-electron chi connectivity index (χ2n) is 6.86. The summed E-state index contributed by atoms with van der Waals surface area (Å²) in [6.45, 7) is 0.625. The maximum absolute atomic E-state index is 12.7. The third-order valence-electron chi connectivity index (χ3n) is 4.87. The minimum absolute atomic E-state index is 0.127. The zero-order valence-electron chi connectivity index (χ0n) is 15.9. The Morgan fingerprint density at radius 3 is 2.38 bits per heavy atom. The second-order valence-corrected chi connectivity index (χ2v) is 9.23. The minimum Gasteiger partial charge on any atom is -0.306 e. The highest BCUT2D eigenvalue weighted by Crippen LogP contribution is 2.24. The van der Waals surface area contributed by atoms with Gasteiger partial charge in [-0.3, -0.25) is 10.2 Å². The molecule has 154 valence electrons. The topological polar surface area (TPSA) is 78.5 Å². The smallest absolute Gasteiger partial charge is 0.243 e. The lowest BCUT2D eigenvalue weighted by atomic mass is 9.98. The molecule has 1 saturated heterocycles. The maximum atomic E-state index is 12.7. The van der Waals surface area contributed by atoms with Crippen molar-refractivity contribution >= 4 is 27.5 Å². The number of benzene rings is 2. The Balaban J connectivity index is 1.44. The van der Waals surface area contributed by atoms with E-state index in [-0.39, 0.29) is 16.7 Å². The molecule has 29 heavy (non-hydrogen) atoms. The summed E-state index contributed by atoms with van der Waals surface area (Å²) in [5.41, 5.74) is 6.66. The van der Waals surface area contributed by atoms with Crippen molar-refractivity contribution in [2.24, 2.45) is 5.92 Å². The lowest BCUT2D eigenvalue weighted by Gasteiger charge is -2.30. The van der Waals surface area contributed by atoms with Crippen molar-refractivity contribution in [1.29, 1.82) is 0 Å². The van der Waals surface area contributed by atoms with E-state index in [1.165, 1.54) is 22.0 Å². The van der Waals surface area contributed by atoms with Crippen molar-refractivity contribution in [3.8, 4) is 0 Å². The molecule has 0 atom stereocenters. The van der Waals surface area contributed by atoms with E-state index in [1.54, 1.807) is 18.3 Å². The highest BCUT2D eigenvalue weighted by molar-refractivity contribution is 7.89. The van der Waals surface area contributed by atoms with E-state index in [0.29, 0.717) is 31.0 Å². The molecule has 2 N–H and O–H groups in total. The van der Waals surface area contributed by atoms with Gasteiger partial charge in [0.2, 0.25) is 15.9 Å². The van der Waals surface area contributed by atoms with Crippen LogP contribution in [0, 0.1) is 5.92 Å². The number of nitrogens with one attached hydrogen (secondary N) is 2. The number of halogens is 1. The molecule has 0 unspecified atom stereocenters. The molecule has 1 amide bonds. The van der Waals surface area contributed by atoms with Crippen molar-refractivity contribution in [3.05, 3.63) is 77.5 Å². The Morgan fingerprint density at radius 2 is 1.72 bits per heavy atom. The Labute approximate surface area is 176 Å². The highest BCUT2D eigenvalue weighted by Gasteiger charge is 2.31. The quantitative estimate of drug-likeness (QED) is 0.657. The van der Waals surface area contributed by atoms with Crippen molar-refractivity contribution in [2.75, 3.05) is 13.1 Å². The summed E-state index contributed by atoms with van der Waals surface area (Å²) in [5.74, 6) is -0.348. The van der Waals surface area contributed by atoms with Crippen LogP contribution in [0.25, 0.3) is 0 Å². The zero-order valence-corrected chi connectivity index (χ0v) is 17.5. The Hall–Kier alpha value is -2.35. The van der Waals surface area contributed by atoms with E-state index in [9.17, 15) is 13.2 Å². The first kappa shape index (κ1) is 21.4. The summed E-state index contributed by atoms with van der Waals surface area (Å²) in [4.78, 5) is 12.5. The molecule has 6 nitrogen and oxygen atoms in total. The van der Waals surface area contributed by atoms with Crippen LogP contribution < -0.4 is 10.9 Å². The van der Waals surface area contributed by atoms with Crippen molar-refractivity contribution in [2.45, 2.75) is 24.2 Å². The van der Waals surface area contributed by atoms with Crippen LogP contribution in [-0.2, 0) is 21.2 Å². The molecule has 0 aliphatic carbocycles. The normalized spacial score (nSPS) is 16.0. The van der Waals surface area contributed by atoms with Gasteiger partial charge < -0.3 is 5.43 Å². The van der Waals surface area contributed by atoms with Crippen molar-refractivity contribution in [1.82, 2.24) is 15.2 Å². The summed E-state index contributed by atoms with van der Waals surface area (Å²) in [6, 6.07) is 16.1. The number of rotatable bonds is 7. The first-order chi connectivity index (χ1) is 14.0. The van der Waals surface area contributed by atoms with E-state index in [1.807, 2.05) is 36.4 Å². The molecule has 1 fully saturated rings. The fourth-order valence-electron chi connectivity index (χ4n) is 3.20. The zero-order chi connectivity index (χ0) is 20.7. The predicted molar refractivity (Wildman–Crippen MR) is 113 cm³/mol. The van der Waals surface area contributed by atoms with E-state index in [4.69, 9.17) is 11.6 Å². The van der Waals surface area contributed by atoms with Gasteiger partial charge in [-0.05, 0) is 49.1 Å². The number of hydrazine groups is 1. The third kappa shape index (κ3) is 5.82. The van der Waals surface area contributed by atoms with Crippen LogP contribution in [0.5, 0.6) is 0 Å². The minimum atomic E-state index is -3.56. The Bertz CT molecular complexity index is 939. The number of nitrogens with zero attached hydrogens (tertiary/aromatic N) is 1. The molecule has 1 aliphatic heterocycles. The molecule has 0 bridgehead atoms. The van der Waals surface area contributed by atoms with E-state index in [0.717, 1.165) is 6.42 Å². The molecule has 3 rings (SSSR count). The van der Waals surface area contributed by atoms with Crippen LogP contribution in [0.15, 0.2) is 71.8 Å². The molecule has 2 aromatic carbocycles. The number of carbonyl (C=O) groups is 1. The fourth-order valence-corrected chi connectivity index (χ4v) is 4.79. The lowest BCUT2D eigenvalue weighted by molar-refractivity contribution is -0.126. The first-order valence-electron chi connectivity index (χ1n) is 9.47. The van der Waals surface area contributed by atoms with E-state index in [2.05, 4.69) is 10.9 Å². The van der Waals surface area contributed by atoms with Crippen LogP contribution in [0.2, 0.25) is 5.02 Å². The number of hydrogen-bond acceptors (Lipinski definition) is 4. The lowest BCUT2D eigenvalue weighted by Crippen LogP contribution is -2.45. The van der Waals surface area contributed by atoms with Gasteiger partial charge in [-0.1, -0.05) is 48.0 Å². The Morgan fingerprint density at radius 1 is 1.07 bits per heavy atom. The van der Waals surface area contributed by atoms with E-state index < -0.39 is 10.0 Å². The standard InChI is InChI=1S/C21H24ClN3O3S/c22-19-8-10-20(11-9-19)29(27,28)25-15-12-18(13-16-25)21(26)24-23-14-4-7-17-5-2-1-3-6-17/h1-6,8-11,14,18,23H,7,12-13,15-16H2,(H,24,26). The second kappa shape index (κ2) is 9.91. The van der Waals surface area contributed by atoms with Crippen LogP contribution in [-0.4, -0.2) is 31.7 Å². The average Bonchev–Trinajstić information content (AvgIpc) is 2.74. The molecular formula is C21H24ClN3O3S. The van der Waals surface area contributed by atoms with Gasteiger partial charge in [0.05, 0.1) is 4.90 Å². The van der Waals surface area contributed by atoms with Crippen LogP contribution in [0.3, 0.4) is 0 Å². The molecule has 8 heteroatoms. The molecule has 2 aromatic rings. The van der Waals surface area contributed by atoms with Crippen LogP contribution in [0.4, 0.5) is 0 Å². The SMILES string of the molecule is O=C(NNC=CCc1ccccc1)C1CCN(S(=O)(=O)c2ccc(Cl)cc2)CC1. The molecule has 1 aliphatic rings. The molecule has 0 saturated carbocycles. The van der Waals surface area contributed by atoms with Gasteiger partial charge in [0.25, 0.3) is 0 Å². The number of allylic oxidation sites excluding steroid dienone is 1. The summed E-state index contributed by atoms with van der Waals surface area (Å²) < 4.78 is 26.8. The predicted octanol–water partition coefficient (Wildman–Crippen LogP) is 3.12. The largest absolute Gasteiger partial charge is 0.306 e. The van der Waals surface area contributed by atoms with Crippen molar-refractivity contribution in [3.63, 3.8) is 0 Å². The molecule has 1 heterocycles. The average molecular weight is 434 g/mol. The fraction of sp³-hybridized carbons (Fsp3) is 0.286. The monoisotopic (exact) mass is 433 g/mol. The molecule has 0 aromatic heterocycles. The third-order valence-corrected chi connectivity index (χ3v) is 7.03. The van der Waals surface area contributed by atoms with E-state index >= 15 is 0 Å². The highest BCUT2D eigenvalue weighted by atomic mass is 35.5. The van der Waals surface area contributed by atoms with Gasteiger partial charge >= 0.3 is 0 Å².